The Labute approximate surface area is 167 Å². The number of aliphatic hydroxyl groups is 1. The predicted octanol–water partition coefficient (Wildman–Crippen LogP) is 3.42. The summed E-state index contributed by atoms with van der Waals surface area (Å²) in [5, 5.41) is 9.71. The minimum absolute atomic E-state index is 0.0823. The second kappa shape index (κ2) is 8.17. The molecule has 27 heavy (non-hydrogen) atoms. The Morgan fingerprint density at radius 2 is 1.63 bits per heavy atom. The summed E-state index contributed by atoms with van der Waals surface area (Å²) in [5.41, 5.74) is 2.46. The number of hydrogen-bond acceptors (Lipinski definition) is 5. The van der Waals surface area contributed by atoms with E-state index in [4.69, 9.17) is 16.7 Å². The van der Waals surface area contributed by atoms with Gasteiger partial charge in [0.25, 0.3) is 11.8 Å². The van der Waals surface area contributed by atoms with Crippen LogP contribution in [-0.2, 0) is 9.59 Å². The molecule has 1 heterocycles. The van der Waals surface area contributed by atoms with E-state index in [1.807, 2.05) is 31.1 Å². The van der Waals surface area contributed by atoms with Crippen LogP contribution in [0.5, 0.6) is 0 Å². The first-order chi connectivity index (χ1) is 12.9. The quantitative estimate of drug-likeness (QED) is 0.750. The number of amides is 2. The van der Waals surface area contributed by atoms with Gasteiger partial charge in [-0.2, -0.15) is 0 Å². The SMILES string of the molecule is CN(C)c1ccc(N2C(=O)C(SCCO)=C(c3ccc(Cl)cc3)C2=O)cc1. The van der Waals surface area contributed by atoms with Gasteiger partial charge in [0, 0.05) is 30.6 Å². The fourth-order valence-corrected chi connectivity index (χ4v) is 3.78. The second-order valence-electron chi connectivity index (χ2n) is 6.14. The van der Waals surface area contributed by atoms with Crippen molar-refractivity contribution in [2.45, 2.75) is 0 Å². The molecule has 0 aromatic heterocycles. The smallest absolute Gasteiger partial charge is 0.272 e. The van der Waals surface area contributed by atoms with Gasteiger partial charge in [0.2, 0.25) is 0 Å². The maximum Gasteiger partial charge on any atom is 0.272 e. The van der Waals surface area contributed by atoms with Crippen molar-refractivity contribution in [1.82, 2.24) is 0 Å². The van der Waals surface area contributed by atoms with E-state index in [1.165, 1.54) is 16.7 Å². The summed E-state index contributed by atoms with van der Waals surface area (Å²) in [6, 6.07) is 14.0. The first-order valence-corrected chi connectivity index (χ1v) is 9.70. The van der Waals surface area contributed by atoms with Gasteiger partial charge in [0.1, 0.15) is 0 Å². The van der Waals surface area contributed by atoms with Crippen molar-refractivity contribution < 1.29 is 14.7 Å². The van der Waals surface area contributed by atoms with Crippen molar-refractivity contribution in [2.24, 2.45) is 0 Å². The van der Waals surface area contributed by atoms with Crippen molar-refractivity contribution in [2.75, 3.05) is 36.3 Å². The van der Waals surface area contributed by atoms with E-state index in [0.29, 0.717) is 32.5 Å². The first kappa shape index (κ1) is 19.5. The average molecular weight is 403 g/mol. The highest BCUT2D eigenvalue weighted by Crippen LogP contribution is 2.38. The normalized spacial score (nSPS) is 14.3. The van der Waals surface area contributed by atoms with Gasteiger partial charge < -0.3 is 10.0 Å². The van der Waals surface area contributed by atoms with E-state index in [-0.39, 0.29) is 18.4 Å². The van der Waals surface area contributed by atoms with Crippen LogP contribution < -0.4 is 9.80 Å². The number of thioether (sulfide) groups is 1. The van der Waals surface area contributed by atoms with E-state index >= 15 is 0 Å². The fourth-order valence-electron chi connectivity index (χ4n) is 2.80. The van der Waals surface area contributed by atoms with Crippen molar-refractivity contribution in [1.29, 1.82) is 0 Å². The van der Waals surface area contributed by atoms with Gasteiger partial charge >= 0.3 is 0 Å². The van der Waals surface area contributed by atoms with Crippen molar-refractivity contribution in [3.8, 4) is 0 Å². The summed E-state index contributed by atoms with van der Waals surface area (Å²) in [5.74, 6) is -0.417. The number of carbonyl (C=O) groups is 2. The standard InChI is InChI=1S/C20H19ClN2O3S/c1-22(2)15-7-9-16(10-8-15)23-19(25)17(13-3-5-14(21)6-4-13)18(20(23)26)27-12-11-24/h3-10,24H,11-12H2,1-2H3. The molecule has 1 aliphatic heterocycles. The third-order valence-corrected chi connectivity index (χ3v) is 5.44. The molecule has 5 nitrogen and oxygen atoms in total. The number of hydrogen-bond donors (Lipinski definition) is 1. The summed E-state index contributed by atoms with van der Waals surface area (Å²) in [7, 11) is 3.84. The molecule has 0 saturated carbocycles. The predicted molar refractivity (Wildman–Crippen MR) is 111 cm³/mol. The minimum Gasteiger partial charge on any atom is -0.396 e. The van der Waals surface area contributed by atoms with Crippen molar-refractivity contribution in [3.63, 3.8) is 0 Å². The number of carbonyl (C=O) groups excluding carboxylic acids is 2. The van der Waals surface area contributed by atoms with Crippen LogP contribution in [0.3, 0.4) is 0 Å². The van der Waals surface area contributed by atoms with E-state index in [9.17, 15) is 9.59 Å². The molecule has 0 bridgehead atoms. The van der Waals surface area contributed by atoms with E-state index in [1.54, 1.807) is 36.4 Å². The van der Waals surface area contributed by atoms with Crippen LogP contribution in [0.2, 0.25) is 5.02 Å². The lowest BCUT2D eigenvalue weighted by Gasteiger charge is -2.17. The highest BCUT2D eigenvalue weighted by molar-refractivity contribution is 8.04. The highest BCUT2D eigenvalue weighted by Gasteiger charge is 2.40. The molecule has 2 aromatic carbocycles. The lowest BCUT2D eigenvalue weighted by atomic mass is 10.1. The van der Waals surface area contributed by atoms with Gasteiger partial charge in [0.05, 0.1) is 22.8 Å². The molecule has 2 amide bonds. The zero-order chi connectivity index (χ0) is 19.6. The molecule has 140 valence electrons. The maximum atomic E-state index is 13.1. The number of halogens is 1. The molecule has 1 N–H and O–H groups in total. The first-order valence-electron chi connectivity index (χ1n) is 8.34. The number of nitrogens with zero attached hydrogens (tertiary/aromatic N) is 2. The lowest BCUT2D eigenvalue weighted by Crippen LogP contribution is -2.31. The molecule has 0 saturated heterocycles. The number of rotatable bonds is 6. The lowest BCUT2D eigenvalue weighted by molar-refractivity contribution is -0.119. The molecule has 0 aliphatic carbocycles. The summed E-state index contributed by atoms with van der Waals surface area (Å²) in [6.07, 6.45) is 0. The van der Waals surface area contributed by atoms with E-state index in [2.05, 4.69) is 0 Å². The zero-order valence-electron chi connectivity index (χ0n) is 15.0. The van der Waals surface area contributed by atoms with Gasteiger partial charge in [-0.3, -0.25) is 9.59 Å². The van der Waals surface area contributed by atoms with Gasteiger partial charge in [-0.1, -0.05) is 23.7 Å². The van der Waals surface area contributed by atoms with Crippen LogP contribution in [0.25, 0.3) is 5.57 Å². The molecule has 0 spiro atoms. The summed E-state index contributed by atoms with van der Waals surface area (Å²) < 4.78 is 0. The van der Waals surface area contributed by atoms with Crippen LogP contribution in [0.15, 0.2) is 53.4 Å². The Kier molecular flexibility index (Phi) is 5.89. The fraction of sp³-hybridized carbons (Fsp3) is 0.200. The molecule has 2 aromatic rings. The number of anilines is 2. The van der Waals surface area contributed by atoms with Crippen LogP contribution in [-0.4, -0.2) is 43.4 Å². The van der Waals surface area contributed by atoms with Gasteiger partial charge in [-0.25, -0.2) is 4.90 Å². The molecule has 0 unspecified atom stereocenters. The topological polar surface area (TPSA) is 60.9 Å². The van der Waals surface area contributed by atoms with Crippen LogP contribution in [0.1, 0.15) is 5.56 Å². The van der Waals surface area contributed by atoms with Gasteiger partial charge in [0.15, 0.2) is 0 Å². The largest absolute Gasteiger partial charge is 0.396 e. The molecular weight excluding hydrogens is 384 g/mol. The molecule has 7 heteroatoms. The summed E-state index contributed by atoms with van der Waals surface area (Å²) in [4.78, 5) is 29.6. The molecular formula is C20H19ClN2O3S. The summed E-state index contributed by atoms with van der Waals surface area (Å²) in [6.45, 7) is -0.0823. The van der Waals surface area contributed by atoms with Crippen LogP contribution in [0.4, 0.5) is 11.4 Å². The number of aliphatic hydroxyl groups excluding tert-OH is 1. The number of imide groups is 1. The number of benzene rings is 2. The Hall–Kier alpha value is -2.28. The monoisotopic (exact) mass is 402 g/mol. The second-order valence-corrected chi connectivity index (χ2v) is 7.68. The molecule has 0 atom stereocenters. The van der Waals surface area contributed by atoms with Crippen molar-refractivity contribution >= 4 is 52.1 Å². The Morgan fingerprint density at radius 1 is 1.00 bits per heavy atom. The van der Waals surface area contributed by atoms with Crippen molar-refractivity contribution in [3.05, 3.63) is 64.0 Å². The molecule has 0 radical (unpaired) electrons. The Balaban J connectivity index is 2.01. The van der Waals surface area contributed by atoms with Crippen LogP contribution in [0, 0.1) is 0 Å². The third kappa shape index (κ3) is 3.88. The Morgan fingerprint density at radius 3 is 2.19 bits per heavy atom. The summed E-state index contributed by atoms with van der Waals surface area (Å²) >= 11 is 7.13. The minimum atomic E-state index is -0.375. The third-order valence-electron chi connectivity index (χ3n) is 4.14. The maximum absolute atomic E-state index is 13.1. The van der Waals surface area contributed by atoms with Crippen LogP contribution >= 0.6 is 23.4 Å². The van der Waals surface area contributed by atoms with Gasteiger partial charge in [-0.15, -0.1) is 11.8 Å². The van der Waals surface area contributed by atoms with Gasteiger partial charge in [-0.05, 0) is 42.0 Å². The van der Waals surface area contributed by atoms with E-state index < -0.39 is 0 Å². The molecule has 3 rings (SSSR count). The molecule has 0 fully saturated rings. The molecule has 1 aliphatic rings. The van der Waals surface area contributed by atoms with E-state index in [0.717, 1.165) is 5.69 Å². The average Bonchev–Trinajstić information content (AvgIpc) is 2.90. The Bertz CT molecular complexity index is 892. The highest BCUT2D eigenvalue weighted by atomic mass is 35.5. The zero-order valence-corrected chi connectivity index (χ0v) is 16.5.